The van der Waals surface area contributed by atoms with Crippen molar-refractivity contribution in [3.63, 3.8) is 0 Å². The van der Waals surface area contributed by atoms with Crippen molar-refractivity contribution in [3.8, 4) is 11.1 Å². The summed E-state index contributed by atoms with van der Waals surface area (Å²) >= 11 is 0. The number of rotatable bonds is 4. The highest BCUT2D eigenvalue weighted by Crippen LogP contribution is 2.32. The van der Waals surface area contributed by atoms with Gasteiger partial charge in [-0.3, -0.25) is 0 Å². The van der Waals surface area contributed by atoms with Gasteiger partial charge in [-0.05, 0) is 42.8 Å². The number of benzene rings is 2. The first-order valence-electron chi connectivity index (χ1n) is 9.39. The summed E-state index contributed by atoms with van der Waals surface area (Å²) in [5.74, 6) is 0.434. The maximum absolute atomic E-state index is 14.2. The van der Waals surface area contributed by atoms with Gasteiger partial charge in [0.2, 0.25) is 0 Å². The molecule has 3 aromatic heterocycles. The van der Waals surface area contributed by atoms with Crippen LogP contribution >= 0.6 is 0 Å². The molecule has 142 valence electrons. The van der Waals surface area contributed by atoms with Crippen molar-refractivity contribution in [3.05, 3.63) is 84.7 Å². The van der Waals surface area contributed by atoms with Gasteiger partial charge in [-0.2, -0.15) is 0 Å². The van der Waals surface area contributed by atoms with E-state index in [2.05, 4.69) is 31.3 Å². The average molecular weight is 383 g/mol. The lowest BCUT2D eigenvalue weighted by molar-refractivity contribution is 0.600. The molecule has 2 N–H and O–H groups in total. The third kappa shape index (κ3) is 3.08. The van der Waals surface area contributed by atoms with Gasteiger partial charge in [0.1, 0.15) is 23.6 Å². The van der Waals surface area contributed by atoms with Gasteiger partial charge in [0.25, 0.3) is 0 Å². The Morgan fingerprint density at radius 2 is 1.86 bits per heavy atom. The molecular formula is C23H18FN5. The summed E-state index contributed by atoms with van der Waals surface area (Å²) in [6, 6.07) is 16.6. The summed E-state index contributed by atoms with van der Waals surface area (Å²) in [7, 11) is 0. The van der Waals surface area contributed by atoms with Crippen molar-refractivity contribution < 1.29 is 4.39 Å². The zero-order chi connectivity index (χ0) is 19.8. The van der Waals surface area contributed by atoms with E-state index in [-0.39, 0.29) is 11.9 Å². The van der Waals surface area contributed by atoms with Crippen molar-refractivity contribution in [2.75, 3.05) is 5.32 Å². The molecule has 5 rings (SSSR count). The molecule has 29 heavy (non-hydrogen) atoms. The van der Waals surface area contributed by atoms with Crippen LogP contribution in [0.25, 0.3) is 33.1 Å². The highest BCUT2D eigenvalue weighted by molar-refractivity contribution is 5.98. The van der Waals surface area contributed by atoms with Gasteiger partial charge in [0, 0.05) is 34.3 Å². The Kier molecular flexibility index (Phi) is 4.17. The summed E-state index contributed by atoms with van der Waals surface area (Å²) in [6.07, 6.45) is 5.24. The number of nitrogens with zero attached hydrogens (tertiary/aromatic N) is 3. The van der Waals surface area contributed by atoms with E-state index in [4.69, 9.17) is 0 Å². The lowest BCUT2D eigenvalue weighted by Gasteiger charge is -2.17. The highest BCUT2D eigenvalue weighted by Gasteiger charge is 2.14. The van der Waals surface area contributed by atoms with E-state index in [1.165, 1.54) is 12.4 Å². The minimum Gasteiger partial charge on any atom is -0.363 e. The first-order valence-corrected chi connectivity index (χ1v) is 9.39. The Bertz CT molecular complexity index is 1330. The van der Waals surface area contributed by atoms with E-state index in [1.807, 2.05) is 43.5 Å². The highest BCUT2D eigenvalue weighted by atomic mass is 19.1. The topological polar surface area (TPSA) is 66.5 Å². The van der Waals surface area contributed by atoms with Gasteiger partial charge >= 0.3 is 0 Å². The van der Waals surface area contributed by atoms with Crippen LogP contribution in [0.5, 0.6) is 0 Å². The van der Waals surface area contributed by atoms with Gasteiger partial charge < -0.3 is 10.3 Å². The third-order valence-electron chi connectivity index (χ3n) is 5.12. The Morgan fingerprint density at radius 1 is 0.966 bits per heavy atom. The van der Waals surface area contributed by atoms with Crippen LogP contribution < -0.4 is 5.32 Å². The summed E-state index contributed by atoms with van der Waals surface area (Å²) in [4.78, 5) is 16.4. The number of anilines is 1. The molecule has 2 aromatic carbocycles. The minimum atomic E-state index is -0.241. The second kappa shape index (κ2) is 6.98. The van der Waals surface area contributed by atoms with E-state index in [0.29, 0.717) is 11.4 Å². The minimum absolute atomic E-state index is 0.238. The van der Waals surface area contributed by atoms with Crippen molar-refractivity contribution in [1.82, 2.24) is 19.9 Å². The number of hydrogen-bond acceptors (Lipinski definition) is 4. The molecule has 1 atom stereocenters. The van der Waals surface area contributed by atoms with Crippen LogP contribution in [0.3, 0.4) is 0 Å². The van der Waals surface area contributed by atoms with Crippen LogP contribution in [-0.2, 0) is 0 Å². The number of hydrogen-bond donors (Lipinski definition) is 2. The maximum atomic E-state index is 14.2. The van der Waals surface area contributed by atoms with Gasteiger partial charge in [-0.25, -0.2) is 19.3 Å². The summed E-state index contributed by atoms with van der Waals surface area (Å²) in [5, 5.41) is 5.28. The predicted molar refractivity (Wildman–Crippen MR) is 113 cm³/mol. The predicted octanol–water partition coefficient (Wildman–Crippen LogP) is 5.49. The van der Waals surface area contributed by atoms with Crippen molar-refractivity contribution in [2.45, 2.75) is 13.0 Å². The number of aromatic amines is 1. The fourth-order valence-electron chi connectivity index (χ4n) is 3.64. The van der Waals surface area contributed by atoms with Gasteiger partial charge in [0.15, 0.2) is 0 Å². The molecule has 0 radical (unpaired) electrons. The molecule has 0 spiro atoms. The molecule has 3 heterocycles. The first kappa shape index (κ1) is 17.3. The Morgan fingerprint density at radius 3 is 2.76 bits per heavy atom. The van der Waals surface area contributed by atoms with Crippen LogP contribution in [0.2, 0.25) is 0 Å². The first-order chi connectivity index (χ1) is 14.2. The molecule has 5 aromatic rings. The summed E-state index contributed by atoms with van der Waals surface area (Å²) < 4.78 is 14.2. The molecule has 0 aliphatic heterocycles. The van der Waals surface area contributed by atoms with Crippen LogP contribution in [0.4, 0.5) is 10.2 Å². The molecule has 0 fully saturated rings. The van der Waals surface area contributed by atoms with Gasteiger partial charge in [0.05, 0.1) is 11.6 Å². The van der Waals surface area contributed by atoms with Crippen LogP contribution in [-0.4, -0.2) is 19.9 Å². The van der Waals surface area contributed by atoms with Gasteiger partial charge in [-0.1, -0.05) is 24.3 Å². The zero-order valence-corrected chi connectivity index (χ0v) is 15.7. The third-order valence-corrected chi connectivity index (χ3v) is 5.12. The number of H-pyrrole nitrogens is 1. The van der Waals surface area contributed by atoms with Crippen molar-refractivity contribution in [1.29, 1.82) is 0 Å². The number of fused-ring (bicyclic) bond motifs is 2. The van der Waals surface area contributed by atoms with E-state index in [9.17, 15) is 4.39 Å². The molecule has 0 amide bonds. The van der Waals surface area contributed by atoms with E-state index in [0.717, 1.165) is 33.1 Å². The van der Waals surface area contributed by atoms with Crippen molar-refractivity contribution in [2.24, 2.45) is 0 Å². The Labute approximate surface area is 166 Å². The van der Waals surface area contributed by atoms with E-state index in [1.54, 1.807) is 18.3 Å². The molecule has 1 unspecified atom stereocenters. The SMILES string of the molecule is CC(Nc1ncnc2ccc(-c3c[nH]c4ncccc34)cc12)c1ccccc1F. The van der Waals surface area contributed by atoms with E-state index >= 15 is 0 Å². The lowest BCUT2D eigenvalue weighted by atomic mass is 10.0. The molecular weight excluding hydrogens is 365 g/mol. The fraction of sp³-hybridized carbons (Fsp3) is 0.0870. The van der Waals surface area contributed by atoms with Gasteiger partial charge in [-0.15, -0.1) is 0 Å². The van der Waals surface area contributed by atoms with Crippen molar-refractivity contribution >= 4 is 27.8 Å². The smallest absolute Gasteiger partial charge is 0.137 e. The molecule has 6 heteroatoms. The number of pyridine rings is 1. The standard InChI is InChI=1S/C23H18FN5/c1-14(16-5-2-3-7-20(16)24)29-23-18-11-15(8-9-21(18)27-13-28-23)19-12-26-22-17(19)6-4-10-25-22/h2-14H,1H3,(H,25,26)(H,27,28,29). The second-order valence-corrected chi connectivity index (χ2v) is 6.94. The Hall–Kier alpha value is -3.80. The molecule has 0 aliphatic rings. The fourth-order valence-corrected chi connectivity index (χ4v) is 3.64. The molecule has 0 saturated heterocycles. The van der Waals surface area contributed by atoms with E-state index < -0.39 is 0 Å². The quantitative estimate of drug-likeness (QED) is 0.431. The largest absolute Gasteiger partial charge is 0.363 e. The average Bonchev–Trinajstić information content (AvgIpc) is 3.18. The zero-order valence-electron chi connectivity index (χ0n) is 15.7. The monoisotopic (exact) mass is 383 g/mol. The molecule has 5 nitrogen and oxygen atoms in total. The number of aromatic nitrogens is 4. The molecule has 0 saturated carbocycles. The van der Waals surface area contributed by atoms with Crippen LogP contribution in [0.1, 0.15) is 18.5 Å². The molecule has 0 aliphatic carbocycles. The Balaban J connectivity index is 1.58. The van der Waals surface area contributed by atoms with Crippen LogP contribution in [0, 0.1) is 5.82 Å². The lowest BCUT2D eigenvalue weighted by Crippen LogP contribution is -2.10. The second-order valence-electron chi connectivity index (χ2n) is 6.94. The summed E-state index contributed by atoms with van der Waals surface area (Å²) in [6.45, 7) is 1.92. The number of nitrogens with one attached hydrogen (secondary N) is 2. The maximum Gasteiger partial charge on any atom is 0.137 e. The summed E-state index contributed by atoms with van der Waals surface area (Å²) in [5.41, 5.74) is 4.36. The van der Waals surface area contributed by atoms with Crippen LogP contribution in [0.15, 0.2) is 73.3 Å². The molecule has 0 bridgehead atoms. The normalized spacial score (nSPS) is 12.3. The number of halogens is 1.